The molecule has 1 fully saturated rings. The van der Waals surface area contributed by atoms with E-state index < -0.39 is 5.97 Å². The van der Waals surface area contributed by atoms with Crippen molar-refractivity contribution in [2.75, 3.05) is 10.2 Å². The second-order valence-corrected chi connectivity index (χ2v) is 4.21. The minimum absolute atomic E-state index is 0.208. The van der Waals surface area contributed by atoms with Crippen molar-refractivity contribution in [1.82, 2.24) is 0 Å². The molecular formula is C12H10N2O3. The third-order valence-corrected chi connectivity index (χ3v) is 3.01. The normalized spacial score (nSPS) is 17.4. The molecule has 2 N–H and O–H groups in total. The van der Waals surface area contributed by atoms with Gasteiger partial charge < -0.3 is 15.3 Å². The number of hydrogen-bond acceptors (Lipinski definition) is 4. The lowest BCUT2D eigenvalue weighted by Crippen LogP contribution is -2.23. The number of nitrogens with one attached hydrogen (secondary N) is 1. The Labute approximate surface area is 97.3 Å². The average Bonchev–Trinajstić information content (AvgIpc) is 3.08. The highest BCUT2D eigenvalue weighted by atomic mass is 16.4. The van der Waals surface area contributed by atoms with Crippen LogP contribution in [0, 0.1) is 0 Å². The molecule has 0 spiro atoms. The zero-order valence-electron chi connectivity index (χ0n) is 8.93. The number of rotatable bonds is 2. The number of carboxylic acid groups (broad SMARTS) is 1. The Morgan fingerprint density at radius 3 is 2.82 bits per heavy atom. The van der Waals surface area contributed by atoms with Gasteiger partial charge in [-0.05, 0) is 31.0 Å². The fraction of sp³-hybridized carbons (Fsp3) is 0.250. The number of aromatic carboxylic acids is 1. The van der Waals surface area contributed by atoms with E-state index >= 15 is 0 Å². The summed E-state index contributed by atoms with van der Waals surface area (Å²) in [4.78, 5) is 23.6. The van der Waals surface area contributed by atoms with Gasteiger partial charge in [0.2, 0.25) is 0 Å². The highest BCUT2D eigenvalue weighted by molar-refractivity contribution is 5.94. The number of carbonyl (C=O) groups excluding carboxylic acids is 1. The van der Waals surface area contributed by atoms with Gasteiger partial charge in [-0.3, -0.25) is 0 Å². The van der Waals surface area contributed by atoms with Gasteiger partial charge in [-0.15, -0.1) is 0 Å². The van der Waals surface area contributed by atoms with Crippen LogP contribution in [0.25, 0.3) is 0 Å². The van der Waals surface area contributed by atoms with Crippen molar-refractivity contribution in [3.8, 4) is 0 Å². The van der Waals surface area contributed by atoms with Gasteiger partial charge in [0.1, 0.15) is 0 Å². The van der Waals surface area contributed by atoms with Crippen LogP contribution >= 0.6 is 0 Å². The maximum Gasteiger partial charge on any atom is 0.335 e. The van der Waals surface area contributed by atoms with Crippen LogP contribution in [-0.4, -0.2) is 23.1 Å². The summed E-state index contributed by atoms with van der Waals surface area (Å²) in [7, 11) is 0. The van der Waals surface area contributed by atoms with Crippen molar-refractivity contribution in [2.45, 2.75) is 18.9 Å². The van der Waals surface area contributed by atoms with E-state index in [0.717, 1.165) is 18.5 Å². The van der Waals surface area contributed by atoms with Crippen LogP contribution in [-0.2, 0) is 4.79 Å². The van der Waals surface area contributed by atoms with Crippen LogP contribution < -0.4 is 10.2 Å². The monoisotopic (exact) mass is 230 g/mol. The first-order valence-electron chi connectivity index (χ1n) is 5.39. The predicted molar refractivity (Wildman–Crippen MR) is 61.7 cm³/mol. The molecule has 5 heteroatoms. The molecule has 1 aliphatic heterocycles. The molecule has 1 heterocycles. The molecule has 0 saturated heterocycles. The van der Waals surface area contributed by atoms with E-state index in [4.69, 9.17) is 5.11 Å². The Hall–Kier alpha value is -2.26. The molecule has 1 saturated carbocycles. The van der Waals surface area contributed by atoms with Crippen LogP contribution in [0.2, 0.25) is 0 Å². The minimum atomic E-state index is -0.976. The number of hydrogen-bond donors (Lipinski definition) is 2. The van der Waals surface area contributed by atoms with Crippen molar-refractivity contribution >= 4 is 23.3 Å². The molecule has 17 heavy (non-hydrogen) atoms. The topological polar surface area (TPSA) is 69.6 Å². The van der Waals surface area contributed by atoms with Gasteiger partial charge in [-0.1, -0.05) is 0 Å². The summed E-state index contributed by atoms with van der Waals surface area (Å²) in [6.45, 7) is 0. The first-order chi connectivity index (χ1) is 8.20. The molecule has 1 aromatic rings. The van der Waals surface area contributed by atoms with Crippen molar-refractivity contribution in [3.63, 3.8) is 0 Å². The van der Waals surface area contributed by atoms with Crippen molar-refractivity contribution in [1.29, 1.82) is 0 Å². The van der Waals surface area contributed by atoms with Crippen molar-refractivity contribution < 1.29 is 14.7 Å². The molecule has 0 atom stereocenters. The van der Waals surface area contributed by atoms with Gasteiger partial charge in [0, 0.05) is 6.04 Å². The maximum atomic E-state index is 10.9. The molecule has 3 rings (SSSR count). The van der Waals surface area contributed by atoms with E-state index in [1.165, 1.54) is 6.07 Å². The third-order valence-electron chi connectivity index (χ3n) is 3.01. The standard InChI is InChI=1S/C12H10N2O3/c15-6-11-13-9-5-7(12(16)17)1-4-10(9)14(11)8-2-3-8/h1,4-5,8,13H,2-3H2,(H,16,17). The lowest BCUT2D eigenvalue weighted by Gasteiger charge is -2.16. The van der Waals surface area contributed by atoms with Crippen molar-refractivity contribution in [3.05, 3.63) is 29.6 Å². The Bertz CT molecular complexity index is 557. The highest BCUT2D eigenvalue weighted by Gasteiger charge is 2.37. The van der Waals surface area contributed by atoms with E-state index in [2.05, 4.69) is 5.32 Å². The summed E-state index contributed by atoms with van der Waals surface area (Å²) in [5.41, 5.74) is 1.73. The number of anilines is 2. The fourth-order valence-electron chi connectivity index (χ4n) is 2.07. The van der Waals surface area contributed by atoms with Crippen molar-refractivity contribution in [2.24, 2.45) is 0 Å². The number of benzene rings is 1. The number of nitrogens with zero attached hydrogens (tertiary/aromatic N) is 1. The van der Waals surface area contributed by atoms with Crippen LogP contribution in [0.15, 0.2) is 24.0 Å². The summed E-state index contributed by atoms with van der Waals surface area (Å²) in [5.74, 6) is 1.27. The summed E-state index contributed by atoms with van der Waals surface area (Å²) in [6, 6.07) is 5.16. The quantitative estimate of drug-likeness (QED) is 0.752. The molecule has 0 unspecified atom stereocenters. The largest absolute Gasteiger partial charge is 0.478 e. The molecule has 5 nitrogen and oxygen atoms in total. The smallest absolute Gasteiger partial charge is 0.335 e. The van der Waals surface area contributed by atoms with Crippen LogP contribution in [0.1, 0.15) is 23.2 Å². The molecule has 1 aliphatic carbocycles. The number of carbonyl (C=O) groups is 1. The minimum Gasteiger partial charge on any atom is -0.478 e. The highest BCUT2D eigenvalue weighted by Crippen LogP contribution is 2.43. The van der Waals surface area contributed by atoms with E-state index in [9.17, 15) is 9.59 Å². The van der Waals surface area contributed by atoms with Gasteiger partial charge in [-0.2, -0.15) is 0 Å². The second kappa shape index (κ2) is 3.37. The van der Waals surface area contributed by atoms with E-state index in [1.807, 2.05) is 10.8 Å². The predicted octanol–water partition coefficient (Wildman–Crippen LogP) is 1.45. The first kappa shape index (κ1) is 9.93. The van der Waals surface area contributed by atoms with E-state index in [1.54, 1.807) is 12.1 Å². The number of fused-ring (bicyclic) bond motifs is 1. The Balaban J connectivity index is 2.07. The van der Waals surface area contributed by atoms with Crippen LogP contribution in [0.3, 0.4) is 0 Å². The summed E-state index contributed by atoms with van der Waals surface area (Å²) in [6.07, 6.45) is 2.10. The summed E-state index contributed by atoms with van der Waals surface area (Å²) >= 11 is 0. The fourth-order valence-corrected chi connectivity index (χ4v) is 2.07. The molecule has 0 amide bonds. The van der Waals surface area contributed by atoms with Gasteiger partial charge >= 0.3 is 5.97 Å². The molecule has 86 valence electrons. The van der Waals surface area contributed by atoms with Gasteiger partial charge in [-0.25, -0.2) is 9.59 Å². The third kappa shape index (κ3) is 1.48. The molecule has 0 aromatic heterocycles. The van der Waals surface area contributed by atoms with E-state index in [0.29, 0.717) is 17.6 Å². The average molecular weight is 230 g/mol. The Morgan fingerprint density at radius 2 is 2.24 bits per heavy atom. The van der Waals surface area contributed by atoms with Gasteiger partial charge in [0.05, 0.1) is 16.9 Å². The van der Waals surface area contributed by atoms with Crippen LogP contribution in [0.5, 0.6) is 0 Å². The Kier molecular flexibility index (Phi) is 1.97. The molecule has 1 aromatic carbocycles. The number of carboxylic acids is 1. The van der Waals surface area contributed by atoms with Gasteiger partial charge in [0.25, 0.3) is 0 Å². The lowest BCUT2D eigenvalue weighted by atomic mass is 10.1. The second-order valence-electron chi connectivity index (χ2n) is 4.21. The maximum absolute atomic E-state index is 10.9. The zero-order chi connectivity index (χ0) is 12.0. The zero-order valence-corrected chi connectivity index (χ0v) is 8.93. The van der Waals surface area contributed by atoms with E-state index in [-0.39, 0.29) is 5.56 Å². The molecule has 0 bridgehead atoms. The summed E-state index contributed by atoms with van der Waals surface area (Å²) < 4.78 is 0. The van der Waals surface area contributed by atoms with Crippen LogP contribution in [0.4, 0.5) is 11.4 Å². The SMILES string of the molecule is O=C=C1Nc2cc(C(=O)O)ccc2N1C1CC1. The molecule has 2 aliphatic rings. The molecule has 0 radical (unpaired) electrons. The lowest BCUT2D eigenvalue weighted by molar-refractivity contribution is 0.0697. The van der Waals surface area contributed by atoms with Gasteiger partial charge in [0.15, 0.2) is 11.8 Å². The molecular weight excluding hydrogens is 220 g/mol. The first-order valence-corrected chi connectivity index (χ1v) is 5.39. The Morgan fingerprint density at radius 1 is 1.47 bits per heavy atom. The summed E-state index contributed by atoms with van der Waals surface area (Å²) in [5, 5.41) is 11.8.